The van der Waals surface area contributed by atoms with Crippen LogP contribution in [-0.4, -0.2) is 45.4 Å². The van der Waals surface area contributed by atoms with E-state index in [1.54, 1.807) is 18.7 Å². The average Bonchev–Trinajstić information content (AvgIpc) is 3.08. The largest absolute Gasteiger partial charge is 0.358 e. The van der Waals surface area contributed by atoms with Crippen LogP contribution >= 0.6 is 24.0 Å². The summed E-state index contributed by atoms with van der Waals surface area (Å²) in [6, 6.07) is 7.38. The van der Waals surface area contributed by atoms with Crippen LogP contribution in [0.5, 0.6) is 0 Å². The van der Waals surface area contributed by atoms with Crippen molar-refractivity contribution in [1.29, 1.82) is 0 Å². The smallest absolute Gasteiger partial charge is 0.250 e. The quantitative estimate of drug-likeness (QED) is 0.819. The fourth-order valence-corrected chi connectivity index (χ4v) is 4.18. The Morgan fingerprint density at radius 2 is 1.96 bits per heavy atom. The van der Waals surface area contributed by atoms with Crippen molar-refractivity contribution in [3.63, 3.8) is 0 Å². The van der Waals surface area contributed by atoms with Gasteiger partial charge in [-0.25, -0.2) is 0 Å². The van der Waals surface area contributed by atoms with Crippen molar-refractivity contribution in [3.8, 4) is 0 Å². The minimum atomic E-state index is -0.929. The molecule has 1 aromatic carbocycles. The maximum atomic E-state index is 12.9. The highest BCUT2D eigenvalue weighted by Crippen LogP contribution is 2.37. The van der Waals surface area contributed by atoms with Crippen LogP contribution in [0.25, 0.3) is 0 Å². The third-order valence-electron chi connectivity index (χ3n) is 4.44. The van der Waals surface area contributed by atoms with E-state index in [9.17, 15) is 9.59 Å². The molecular weight excluding hydrogens is 342 g/mol. The predicted octanol–water partition coefficient (Wildman–Crippen LogP) is 2.86. The van der Waals surface area contributed by atoms with Crippen molar-refractivity contribution in [2.75, 3.05) is 29.1 Å². The molecule has 0 bridgehead atoms. The molecule has 0 saturated carbocycles. The molecule has 7 heteroatoms. The molecule has 0 unspecified atom stereocenters. The normalized spacial score (nSPS) is 19.0. The molecule has 1 aromatic rings. The molecule has 5 nitrogen and oxygen atoms in total. The van der Waals surface area contributed by atoms with Gasteiger partial charge in [0.25, 0.3) is 0 Å². The van der Waals surface area contributed by atoms with E-state index in [2.05, 4.69) is 10.2 Å². The third kappa shape index (κ3) is 3.15. The number of rotatable bonds is 2. The van der Waals surface area contributed by atoms with E-state index < -0.39 is 5.54 Å². The van der Waals surface area contributed by atoms with E-state index in [1.807, 2.05) is 24.3 Å². The van der Waals surface area contributed by atoms with Gasteiger partial charge in [0.05, 0.1) is 17.1 Å². The van der Waals surface area contributed by atoms with Gasteiger partial charge in [-0.05, 0) is 38.8 Å². The van der Waals surface area contributed by atoms with Gasteiger partial charge in [-0.2, -0.15) is 0 Å². The first-order valence-electron chi connectivity index (χ1n) is 8.06. The van der Waals surface area contributed by atoms with Gasteiger partial charge in [0.15, 0.2) is 0 Å². The first-order valence-corrected chi connectivity index (χ1v) is 9.46. The Morgan fingerprint density at radius 3 is 2.67 bits per heavy atom. The molecule has 0 radical (unpaired) electrons. The number of anilines is 2. The fourth-order valence-electron chi connectivity index (χ4n) is 3.08. The van der Waals surface area contributed by atoms with Crippen molar-refractivity contribution >= 4 is 51.5 Å². The summed E-state index contributed by atoms with van der Waals surface area (Å²) in [7, 11) is 0. The summed E-state index contributed by atoms with van der Waals surface area (Å²) in [5, 5.41) is 2.87. The number of amides is 2. The van der Waals surface area contributed by atoms with Crippen LogP contribution in [0.2, 0.25) is 0 Å². The van der Waals surface area contributed by atoms with E-state index in [4.69, 9.17) is 12.2 Å². The molecule has 0 atom stereocenters. The summed E-state index contributed by atoms with van der Waals surface area (Å²) in [5.41, 5.74) is 0.475. The Labute approximate surface area is 151 Å². The number of para-hydroxylation sites is 2. The highest BCUT2D eigenvalue weighted by Gasteiger charge is 2.43. The van der Waals surface area contributed by atoms with Gasteiger partial charge in [-0.15, -0.1) is 0 Å². The van der Waals surface area contributed by atoms with Crippen LogP contribution in [0, 0.1) is 0 Å². The summed E-state index contributed by atoms with van der Waals surface area (Å²) in [4.78, 5) is 29.0. The van der Waals surface area contributed by atoms with Gasteiger partial charge in [0.1, 0.15) is 9.86 Å². The number of benzene rings is 1. The zero-order valence-electron chi connectivity index (χ0n) is 13.9. The summed E-state index contributed by atoms with van der Waals surface area (Å²) in [6.07, 6.45) is 2.31. The maximum absolute atomic E-state index is 12.9. The molecule has 24 heavy (non-hydrogen) atoms. The SMILES string of the molecule is CC1(C)C(=O)Nc2ccccc2N1C(=O)CSC(=S)N1CCCC1. The fraction of sp³-hybridized carbons (Fsp3) is 0.471. The lowest BCUT2D eigenvalue weighted by Gasteiger charge is -2.42. The lowest BCUT2D eigenvalue weighted by molar-refractivity contribution is -0.125. The number of fused-ring (bicyclic) bond motifs is 1. The number of nitrogens with one attached hydrogen (secondary N) is 1. The van der Waals surface area contributed by atoms with Crippen LogP contribution in [0.4, 0.5) is 11.4 Å². The molecule has 3 rings (SSSR count). The van der Waals surface area contributed by atoms with E-state index in [0.717, 1.165) is 35.9 Å². The zero-order valence-corrected chi connectivity index (χ0v) is 15.5. The first kappa shape index (κ1) is 17.2. The van der Waals surface area contributed by atoms with E-state index >= 15 is 0 Å². The molecule has 0 aromatic heterocycles. The maximum Gasteiger partial charge on any atom is 0.250 e. The molecule has 2 aliphatic rings. The predicted molar refractivity (Wildman–Crippen MR) is 102 cm³/mol. The van der Waals surface area contributed by atoms with Crippen LogP contribution in [0.3, 0.4) is 0 Å². The molecular formula is C17H21N3O2S2. The second-order valence-corrected chi connectivity index (χ2v) is 8.12. The van der Waals surface area contributed by atoms with Crippen molar-refractivity contribution < 1.29 is 9.59 Å². The number of carbonyl (C=O) groups excluding carboxylic acids is 2. The van der Waals surface area contributed by atoms with Crippen LogP contribution in [0.1, 0.15) is 26.7 Å². The highest BCUT2D eigenvalue weighted by atomic mass is 32.2. The van der Waals surface area contributed by atoms with Crippen molar-refractivity contribution in [3.05, 3.63) is 24.3 Å². The number of carbonyl (C=O) groups is 2. The monoisotopic (exact) mass is 363 g/mol. The number of hydrogen-bond donors (Lipinski definition) is 1. The van der Waals surface area contributed by atoms with E-state index in [-0.39, 0.29) is 17.6 Å². The third-order valence-corrected chi connectivity index (χ3v) is 5.95. The van der Waals surface area contributed by atoms with Gasteiger partial charge in [-0.1, -0.05) is 36.1 Å². The topological polar surface area (TPSA) is 52.7 Å². The first-order chi connectivity index (χ1) is 11.4. The molecule has 0 spiro atoms. The lowest BCUT2D eigenvalue weighted by atomic mass is 9.96. The minimum absolute atomic E-state index is 0.103. The Balaban J connectivity index is 1.77. The summed E-state index contributed by atoms with van der Waals surface area (Å²) in [6.45, 7) is 5.47. The Kier molecular flexibility index (Phi) is 4.83. The number of hydrogen-bond acceptors (Lipinski definition) is 4. The average molecular weight is 364 g/mol. The van der Waals surface area contributed by atoms with Gasteiger partial charge in [0, 0.05) is 13.1 Å². The zero-order chi connectivity index (χ0) is 17.3. The van der Waals surface area contributed by atoms with Gasteiger partial charge < -0.3 is 10.2 Å². The molecule has 1 N–H and O–H groups in total. The van der Waals surface area contributed by atoms with Gasteiger partial charge in [-0.3, -0.25) is 14.5 Å². The van der Waals surface area contributed by atoms with Gasteiger partial charge in [0.2, 0.25) is 11.8 Å². The molecule has 2 amide bonds. The number of likely N-dealkylation sites (tertiary alicyclic amines) is 1. The van der Waals surface area contributed by atoms with Crippen LogP contribution < -0.4 is 10.2 Å². The molecule has 1 saturated heterocycles. The minimum Gasteiger partial charge on any atom is -0.358 e. The van der Waals surface area contributed by atoms with Crippen LogP contribution in [-0.2, 0) is 9.59 Å². The summed E-state index contributed by atoms with van der Waals surface area (Å²) in [5.74, 6) is -0.0454. The Bertz CT molecular complexity index is 684. The summed E-state index contributed by atoms with van der Waals surface area (Å²) >= 11 is 6.82. The summed E-state index contributed by atoms with van der Waals surface area (Å²) < 4.78 is 0.772. The second-order valence-electron chi connectivity index (χ2n) is 6.51. The van der Waals surface area contributed by atoms with Gasteiger partial charge >= 0.3 is 0 Å². The molecule has 1 fully saturated rings. The number of thioether (sulfide) groups is 1. The molecule has 128 valence electrons. The highest BCUT2D eigenvalue weighted by molar-refractivity contribution is 8.23. The Hall–Kier alpha value is -1.60. The Morgan fingerprint density at radius 1 is 1.29 bits per heavy atom. The van der Waals surface area contributed by atoms with E-state index in [1.165, 1.54) is 11.8 Å². The van der Waals surface area contributed by atoms with E-state index in [0.29, 0.717) is 5.69 Å². The van der Waals surface area contributed by atoms with Crippen molar-refractivity contribution in [1.82, 2.24) is 4.90 Å². The molecule has 2 heterocycles. The number of nitrogens with zero attached hydrogens (tertiary/aromatic N) is 2. The molecule has 0 aliphatic carbocycles. The van der Waals surface area contributed by atoms with Crippen molar-refractivity contribution in [2.45, 2.75) is 32.2 Å². The van der Waals surface area contributed by atoms with Crippen molar-refractivity contribution in [2.24, 2.45) is 0 Å². The number of thiocarbonyl (C=S) groups is 1. The second kappa shape index (κ2) is 6.72. The van der Waals surface area contributed by atoms with Crippen LogP contribution in [0.15, 0.2) is 24.3 Å². The lowest BCUT2D eigenvalue weighted by Crippen LogP contribution is -2.59. The standard InChI is InChI=1S/C17H21N3O2S2/c1-17(2)15(22)18-12-7-3-4-8-13(12)20(17)14(21)11-24-16(23)19-9-5-6-10-19/h3-4,7-8H,5-6,9-11H2,1-2H3,(H,18,22). The molecule has 2 aliphatic heterocycles.